The summed E-state index contributed by atoms with van der Waals surface area (Å²) in [7, 11) is 0. The van der Waals surface area contributed by atoms with Gasteiger partial charge in [-0.2, -0.15) is 0 Å². The van der Waals surface area contributed by atoms with Gasteiger partial charge in [0.05, 0.1) is 10.8 Å². The van der Waals surface area contributed by atoms with Gasteiger partial charge in [0.1, 0.15) is 12.4 Å². The third-order valence-electron chi connectivity index (χ3n) is 4.59. The number of rotatable bonds is 2. The van der Waals surface area contributed by atoms with Crippen LogP contribution >= 0.6 is 11.3 Å². The van der Waals surface area contributed by atoms with Crippen molar-refractivity contribution in [1.29, 1.82) is 0 Å². The van der Waals surface area contributed by atoms with Crippen LogP contribution < -0.4 is 4.74 Å². The summed E-state index contributed by atoms with van der Waals surface area (Å²) >= 11 is 1.47. The number of ether oxygens (including phenoxy) is 1. The van der Waals surface area contributed by atoms with Crippen LogP contribution in [-0.2, 0) is 11.4 Å². The molecule has 1 unspecified atom stereocenters. The fraction of sp³-hybridized carbons (Fsp3) is 0.333. The van der Waals surface area contributed by atoms with Crippen molar-refractivity contribution in [3.05, 3.63) is 40.8 Å². The monoisotopic (exact) mass is 343 g/mol. The average Bonchev–Trinajstić information content (AvgIpc) is 3.06. The Balaban J connectivity index is 1.61. The van der Waals surface area contributed by atoms with Gasteiger partial charge in [0.15, 0.2) is 0 Å². The fourth-order valence-electron chi connectivity index (χ4n) is 3.32. The first-order chi connectivity index (χ1) is 11.6. The number of likely N-dealkylation sites (tertiary alicyclic amines) is 1. The van der Waals surface area contributed by atoms with Crippen LogP contribution in [0.25, 0.3) is 10.4 Å². The first kappa shape index (κ1) is 15.2. The highest BCUT2D eigenvalue weighted by Crippen LogP contribution is 2.42. The van der Waals surface area contributed by atoms with Crippen LogP contribution in [0, 0.1) is 5.92 Å². The molecule has 4 rings (SSSR count). The molecular weight excluding hydrogens is 326 g/mol. The largest absolute Gasteiger partial charge is 0.488 e. The second kappa shape index (κ2) is 5.94. The third-order valence-corrected chi connectivity index (χ3v) is 5.79. The summed E-state index contributed by atoms with van der Waals surface area (Å²) in [5.41, 5.74) is 2.04. The molecule has 1 fully saturated rings. The van der Waals surface area contributed by atoms with Crippen molar-refractivity contribution < 1.29 is 19.4 Å². The number of carboxylic acid groups (broad SMARTS) is 1. The van der Waals surface area contributed by atoms with Crippen molar-refractivity contribution in [3.63, 3.8) is 0 Å². The Morgan fingerprint density at radius 3 is 2.96 bits per heavy atom. The molecule has 24 heavy (non-hydrogen) atoms. The van der Waals surface area contributed by atoms with Gasteiger partial charge in [0.25, 0.3) is 5.91 Å². The Hall–Kier alpha value is -2.34. The zero-order valence-electron chi connectivity index (χ0n) is 13.0. The maximum absolute atomic E-state index is 12.8. The molecule has 1 saturated heterocycles. The summed E-state index contributed by atoms with van der Waals surface area (Å²) in [6.07, 6.45) is 1.38. The molecule has 0 aliphatic carbocycles. The lowest BCUT2D eigenvalue weighted by atomic mass is 9.98. The quantitative estimate of drug-likeness (QED) is 0.909. The molecule has 6 heteroatoms. The number of benzene rings is 1. The lowest BCUT2D eigenvalue weighted by Gasteiger charge is -2.30. The molecule has 0 saturated carbocycles. The first-order valence-electron chi connectivity index (χ1n) is 8.00. The number of carbonyl (C=O) groups excluding carboxylic acids is 1. The second-order valence-electron chi connectivity index (χ2n) is 6.18. The van der Waals surface area contributed by atoms with Crippen molar-refractivity contribution >= 4 is 23.2 Å². The number of para-hydroxylation sites is 1. The molecule has 0 spiro atoms. The molecule has 1 aromatic heterocycles. The van der Waals surface area contributed by atoms with Crippen LogP contribution in [0.5, 0.6) is 5.75 Å². The van der Waals surface area contributed by atoms with Gasteiger partial charge in [-0.1, -0.05) is 12.1 Å². The summed E-state index contributed by atoms with van der Waals surface area (Å²) < 4.78 is 5.74. The lowest BCUT2D eigenvalue weighted by Crippen LogP contribution is -2.42. The van der Waals surface area contributed by atoms with Crippen LogP contribution in [-0.4, -0.2) is 35.0 Å². The summed E-state index contributed by atoms with van der Waals surface area (Å²) in [6, 6.07) is 9.72. The van der Waals surface area contributed by atoms with Gasteiger partial charge in [-0.15, -0.1) is 11.3 Å². The number of thiophene rings is 1. The molecule has 0 radical (unpaired) electrons. The number of nitrogens with zero attached hydrogens (tertiary/aromatic N) is 1. The Kier molecular flexibility index (Phi) is 3.76. The number of aliphatic carboxylic acids is 1. The van der Waals surface area contributed by atoms with Gasteiger partial charge in [-0.25, -0.2) is 0 Å². The molecule has 3 heterocycles. The summed E-state index contributed by atoms with van der Waals surface area (Å²) in [6.45, 7) is 1.38. The topological polar surface area (TPSA) is 66.8 Å². The van der Waals surface area contributed by atoms with Crippen molar-refractivity contribution in [2.24, 2.45) is 5.92 Å². The number of carbonyl (C=O) groups is 2. The Morgan fingerprint density at radius 1 is 1.29 bits per heavy atom. The Labute approximate surface area is 143 Å². The minimum absolute atomic E-state index is 0.0715. The molecule has 1 atom stereocenters. The highest BCUT2D eigenvalue weighted by atomic mass is 32.1. The molecule has 1 N–H and O–H groups in total. The van der Waals surface area contributed by atoms with E-state index in [1.165, 1.54) is 11.3 Å². The lowest BCUT2D eigenvalue weighted by molar-refractivity contribution is -0.143. The Morgan fingerprint density at radius 2 is 2.12 bits per heavy atom. The first-order valence-corrected chi connectivity index (χ1v) is 8.82. The van der Waals surface area contributed by atoms with Gasteiger partial charge in [-0.05, 0) is 31.0 Å². The van der Waals surface area contributed by atoms with Gasteiger partial charge < -0.3 is 14.7 Å². The van der Waals surface area contributed by atoms with Gasteiger partial charge in [0.2, 0.25) is 0 Å². The fourth-order valence-corrected chi connectivity index (χ4v) is 4.49. The number of fused-ring (bicyclic) bond motifs is 3. The molecule has 2 aromatic rings. The standard InChI is InChI=1S/C18H17NO4S/c20-17(19-7-3-4-11(9-19)18(21)22)15-8-12-10-23-14-6-2-1-5-13(14)16(12)24-15/h1-2,5-6,8,11H,3-4,7,9-10H2,(H,21,22). The summed E-state index contributed by atoms with van der Waals surface area (Å²) in [5, 5.41) is 9.20. The maximum Gasteiger partial charge on any atom is 0.308 e. The van der Waals surface area contributed by atoms with E-state index in [9.17, 15) is 14.7 Å². The SMILES string of the molecule is O=C(O)C1CCCN(C(=O)c2cc3c(s2)-c2ccccc2OC3)C1. The van der Waals surface area contributed by atoms with E-state index in [0.29, 0.717) is 31.0 Å². The molecule has 1 aromatic carbocycles. The number of piperidine rings is 1. The predicted molar refractivity (Wildman–Crippen MR) is 90.4 cm³/mol. The molecule has 1 amide bonds. The highest BCUT2D eigenvalue weighted by molar-refractivity contribution is 7.17. The number of hydrogen-bond acceptors (Lipinski definition) is 4. The normalized spacial score (nSPS) is 19.2. The van der Waals surface area contributed by atoms with Crippen LogP contribution in [0.2, 0.25) is 0 Å². The predicted octanol–water partition coefficient (Wildman–Crippen LogP) is 3.24. The van der Waals surface area contributed by atoms with Crippen molar-refractivity contribution in [3.8, 4) is 16.2 Å². The van der Waals surface area contributed by atoms with Gasteiger partial charge in [-0.3, -0.25) is 9.59 Å². The van der Waals surface area contributed by atoms with Crippen LogP contribution in [0.3, 0.4) is 0 Å². The van der Waals surface area contributed by atoms with Crippen LogP contribution in [0.1, 0.15) is 28.1 Å². The van der Waals surface area contributed by atoms with E-state index < -0.39 is 11.9 Å². The molecule has 5 nitrogen and oxygen atoms in total. The van der Waals surface area contributed by atoms with Crippen LogP contribution in [0.15, 0.2) is 30.3 Å². The van der Waals surface area contributed by atoms with Gasteiger partial charge >= 0.3 is 5.97 Å². The molecule has 124 valence electrons. The van der Waals surface area contributed by atoms with E-state index in [2.05, 4.69) is 0 Å². The van der Waals surface area contributed by atoms with E-state index in [1.54, 1.807) is 4.90 Å². The van der Waals surface area contributed by atoms with E-state index in [1.807, 2.05) is 30.3 Å². The van der Waals surface area contributed by atoms with E-state index in [0.717, 1.165) is 28.2 Å². The number of amides is 1. The Bertz CT molecular complexity index is 813. The molecular formula is C18H17NO4S. The zero-order valence-corrected chi connectivity index (χ0v) is 13.8. The minimum Gasteiger partial charge on any atom is -0.488 e. The summed E-state index contributed by atoms with van der Waals surface area (Å²) in [5.74, 6) is -0.505. The maximum atomic E-state index is 12.8. The summed E-state index contributed by atoms with van der Waals surface area (Å²) in [4.78, 5) is 27.4. The molecule has 0 bridgehead atoms. The number of carboxylic acids is 1. The van der Waals surface area contributed by atoms with E-state index in [4.69, 9.17) is 4.74 Å². The van der Waals surface area contributed by atoms with Crippen molar-refractivity contribution in [1.82, 2.24) is 4.90 Å². The average molecular weight is 343 g/mol. The van der Waals surface area contributed by atoms with Crippen molar-refractivity contribution in [2.45, 2.75) is 19.4 Å². The highest BCUT2D eigenvalue weighted by Gasteiger charge is 2.30. The zero-order chi connectivity index (χ0) is 16.7. The third kappa shape index (κ3) is 2.57. The van der Waals surface area contributed by atoms with E-state index >= 15 is 0 Å². The molecule has 2 aliphatic rings. The number of hydrogen-bond donors (Lipinski definition) is 1. The second-order valence-corrected chi connectivity index (χ2v) is 7.23. The smallest absolute Gasteiger partial charge is 0.308 e. The van der Waals surface area contributed by atoms with Crippen molar-refractivity contribution in [2.75, 3.05) is 13.1 Å². The molecule has 2 aliphatic heterocycles. The van der Waals surface area contributed by atoms with Crippen LogP contribution in [0.4, 0.5) is 0 Å². The minimum atomic E-state index is -0.819. The van der Waals surface area contributed by atoms with Gasteiger partial charge in [0, 0.05) is 29.1 Å². The van der Waals surface area contributed by atoms with E-state index in [-0.39, 0.29) is 5.91 Å².